The summed E-state index contributed by atoms with van der Waals surface area (Å²) in [5.74, 6) is -1.65. The second-order valence-electron chi connectivity index (χ2n) is 6.60. The first-order valence-corrected chi connectivity index (χ1v) is 7.70. The van der Waals surface area contributed by atoms with Crippen molar-refractivity contribution in [2.24, 2.45) is 11.1 Å². The number of hydrogen-bond acceptors (Lipinski definition) is 7. The van der Waals surface area contributed by atoms with Gasteiger partial charge in [0, 0.05) is 6.92 Å². The number of carbonyl (C=O) groups is 3. The van der Waals surface area contributed by atoms with Gasteiger partial charge >= 0.3 is 11.9 Å². The Bertz CT molecular complexity index is 483. The van der Waals surface area contributed by atoms with Crippen LogP contribution in [-0.2, 0) is 28.7 Å². The van der Waals surface area contributed by atoms with Gasteiger partial charge in [0.1, 0.15) is 11.7 Å². The van der Waals surface area contributed by atoms with Crippen LogP contribution in [0.4, 0.5) is 0 Å². The average molecular weight is 327 g/mol. The van der Waals surface area contributed by atoms with Gasteiger partial charge in [0.05, 0.1) is 13.0 Å². The third-order valence-electron chi connectivity index (χ3n) is 3.43. The summed E-state index contributed by atoms with van der Waals surface area (Å²) in [6.45, 7) is 6.35. The van der Waals surface area contributed by atoms with Gasteiger partial charge in [-0.15, -0.1) is 0 Å². The summed E-state index contributed by atoms with van der Waals surface area (Å²) < 4.78 is 9.85. The number of oxime groups is 1. The Labute approximate surface area is 136 Å². The molecule has 0 aromatic carbocycles. The Morgan fingerprint density at radius 3 is 2.04 bits per heavy atom. The van der Waals surface area contributed by atoms with Crippen molar-refractivity contribution in [1.82, 2.24) is 0 Å². The quantitative estimate of drug-likeness (QED) is 0.332. The number of methoxy groups -OCH3 is 1. The molecule has 130 valence electrons. The maximum absolute atomic E-state index is 11.9. The van der Waals surface area contributed by atoms with Crippen LogP contribution in [0.15, 0.2) is 5.16 Å². The number of hydrogen-bond donors (Lipinski definition) is 0. The number of nitrogens with zero attached hydrogens (tertiary/aromatic N) is 1. The Morgan fingerprint density at radius 1 is 1.04 bits per heavy atom. The predicted octanol–water partition coefficient (Wildman–Crippen LogP) is 2.02. The molecular weight excluding hydrogens is 302 g/mol. The standard InChI is InChI=1S/C16H25NO6/c1-10(18)13(15(20)22-16(2,3)4)17-23-12-8-6-11(7-9-12)14(19)21-5/h11-12H,6-9H2,1-5H3/b17-13-. The molecule has 0 spiro atoms. The topological polar surface area (TPSA) is 91.3 Å². The molecule has 0 saturated heterocycles. The molecule has 0 aromatic rings. The van der Waals surface area contributed by atoms with Crippen molar-refractivity contribution in [3.63, 3.8) is 0 Å². The van der Waals surface area contributed by atoms with Crippen LogP contribution in [0.25, 0.3) is 0 Å². The van der Waals surface area contributed by atoms with E-state index < -0.39 is 17.4 Å². The third-order valence-corrected chi connectivity index (χ3v) is 3.43. The lowest BCUT2D eigenvalue weighted by Crippen LogP contribution is -2.33. The van der Waals surface area contributed by atoms with E-state index in [9.17, 15) is 14.4 Å². The number of ketones is 1. The molecule has 1 saturated carbocycles. The number of rotatable bonds is 5. The molecule has 0 aromatic heterocycles. The predicted molar refractivity (Wildman–Crippen MR) is 82.8 cm³/mol. The summed E-state index contributed by atoms with van der Waals surface area (Å²) >= 11 is 0. The third kappa shape index (κ3) is 6.38. The molecule has 7 heteroatoms. The highest BCUT2D eigenvalue weighted by atomic mass is 16.6. The van der Waals surface area contributed by atoms with Crippen LogP contribution in [0.1, 0.15) is 53.4 Å². The van der Waals surface area contributed by atoms with E-state index in [1.807, 2.05) is 0 Å². The molecule has 0 bridgehead atoms. The van der Waals surface area contributed by atoms with Crippen LogP contribution >= 0.6 is 0 Å². The van der Waals surface area contributed by atoms with Crippen molar-refractivity contribution >= 4 is 23.4 Å². The number of carbonyl (C=O) groups excluding carboxylic acids is 3. The first kappa shape index (κ1) is 19.1. The minimum absolute atomic E-state index is 0.123. The maximum Gasteiger partial charge on any atom is 0.364 e. The molecule has 0 radical (unpaired) electrons. The highest BCUT2D eigenvalue weighted by Crippen LogP contribution is 2.27. The zero-order valence-electron chi connectivity index (χ0n) is 14.4. The molecule has 0 aliphatic heterocycles. The lowest BCUT2D eigenvalue weighted by Gasteiger charge is -2.25. The molecule has 23 heavy (non-hydrogen) atoms. The Morgan fingerprint density at radius 2 is 1.61 bits per heavy atom. The molecular formula is C16H25NO6. The lowest BCUT2D eigenvalue weighted by molar-refractivity contribution is -0.147. The van der Waals surface area contributed by atoms with Crippen molar-refractivity contribution in [3.05, 3.63) is 0 Å². The zero-order valence-corrected chi connectivity index (χ0v) is 14.4. The molecule has 1 aliphatic rings. The summed E-state index contributed by atoms with van der Waals surface area (Å²) in [6.07, 6.45) is 2.27. The molecule has 7 nitrogen and oxygen atoms in total. The smallest absolute Gasteiger partial charge is 0.364 e. The van der Waals surface area contributed by atoms with E-state index in [0.29, 0.717) is 25.7 Å². The number of ether oxygens (including phenoxy) is 2. The fraction of sp³-hybridized carbons (Fsp3) is 0.750. The molecule has 1 aliphatic carbocycles. The molecule has 0 heterocycles. The minimum atomic E-state index is -0.798. The fourth-order valence-corrected chi connectivity index (χ4v) is 2.27. The highest BCUT2D eigenvalue weighted by molar-refractivity contribution is 6.63. The van der Waals surface area contributed by atoms with Crippen molar-refractivity contribution in [1.29, 1.82) is 0 Å². The van der Waals surface area contributed by atoms with Gasteiger partial charge in [-0.25, -0.2) is 4.79 Å². The van der Waals surface area contributed by atoms with E-state index in [1.165, 1.54) is 14.0 Å². The van der Waals surface area contributed by atoms with Crippen molar-refractivity contribution in [2.45, 2.75) is 65.1 Å². The molecule has 1 fully saturated rings. The van der Waals surface area contributed by atoms with Gasteiger partial charge in [0.2, 0.25) is 5.71 Å². The largest absolute Gasteiger partial charge is 0.469 e. The van der Waals surface area contributed by atoms with Gasteiger partial charge < -0.3 is 14.3 Å². The van der Waals surface area contributed by atoms with E-state index in [1.54, 1.807) is 20.8 Å². The SMILES string of the molecule is COC(=O)C1CCC(O/N=C(/C(C)=O)C(=O)OC(C)(C)C)CC1. The first-order valence-electron chi connectivity index (χ1n) is 7.70. The molecule has 1 rings (SSSR count). The Kier molecular flexibility index (Phi) is 6.72. The van der Waals surface area contributed by atoms with Gasteiger partial charge in [-0.05, 0) is 46.5 Å². The van der Waals surface area contributed by atoms with E-state index >= 15 is 0 Å². The van der Waals surface area contributed by atoms with E-state index in [-0.39, 0.29) is 23.7 Å². The van der Waals surface area contributed by atoms with Gasteiger partial charge in [-0.2, -0.15) is 0 Å². The van der Waals surface area contributed by atoms with Crippen LogP contribution in [0, 0.1) is 5.92 Å². The summed E-state index contributed by atoms with van der Waals surface area (Å²) in [5.41, 5.74) is -1.07. The van der Waals surface area contributed by atoms with Gasteiger partial charge in [-0.3, -0.25) is 9.59 Å². The summed E-state index contributed by atoms with van der Waals surface area (Å²) in [4.78, 5) is 40.3. The highest BCUT2D eigenvalue weighted by Gasteiger charge is 2.29. The Hall–Kier alpha value is -1.92. The van der Waals surface area contributed by atoms with Crippen molar-refractivity contribution in [2.75, 3.05) is 7.11 Å². The number of esters is 2. The van der Waals surface area contributed by atoms with Gasteiger partial charge in [0.25, 0.3) is 0 Å². The Balaban J connectivity index is 2.61. The summed E-state index contributed by atoms with van der Waals surface area (Å²) in [6, 6.07) is 0. The van der Waals surface area contributed by atoms with Crippen LogP contribution in [0.5, 0.6) is 0 Å². The monoisotopic (exact) mass is 327 g/mol. The maximum atomic E-state index is 11.9. The first-order chi connectivity index (χ1) is 10.6. The van der Waals surface area contributed by atoms with Crippen LogP contribution < -0.4 is 0 Å². The average Bonchev–Trinajstić information content (AvgIpc) is 2.45. The van der Waals surface area contributed by atoms with Gasteiger partial charge in [-0.1, -0.05) is 5.16 Å². The van der Waals surface area contributed by atoms with Crippen LogP contribution in [0.2, 0.25) is 0 Å². The summed E-state index contributed by atoms with van der Waals surface area (Å²) in [7, 11) is 1.37. The molecule has 0 unspecified atom stereocenters. The minimum Gasteiger partial charge on any atom is -0.469 e. The van der Waals surface area contributed by atoms with Crippen molar-refractivity contribution < 1.29 is 28.7 Å². The molecule has 0 atom stereocenters. The second kappa shape index (κ2) is 8.08. The lowest BCUT2D eigenvalue weighted by atomic mass is 9.87. The van der Waals surface area contributed by atoms with E-state index in [0.717, 1.165) is 0 Å². The number of Topliss-reactive ketones (excluding diaryl/α,β-unsaturated/α-hetero) is 1. The summed E-state index contributed by atoms with van der Waals surface area (Å²) in [5, 5.41) is 3.70. The zero-order chi connectivity index (χ0) is 17.6. The molecule has 0 amide bonds. The van der Waals surface area contributed by atoms with Crippen LogP contribution in [0.3, 0.4) is 0 Å². The van der Waals surface area contributed by atoms with E-state index in [4.69, 9.17) is 14.3 Å². The van der Waals surface area contributed by atoms with Crippen LogP contribution in [-0.4, -0.2) is 42.2 Å². The fourth-order valence-electron chi connectivity index (χ4n) is 2.27. The second-order valence-corrected chi connectivity index (χ2v) is 6.60. The van der Waals surface area contributed by atoms with E-state index in [2.05, 4.69) is 5.16 Å². The molecule has 0 N–H and O–H groups in total. The van der Waals surface area contributed by atoms with Gasteiger partial charge in [0.15, 0.2) is 5.78 Å². The van der Waals surface area contributed by atoms with Crippen molar-refractivity contribution in [3.8, 4) is 0 Å². The normalized spacial score (nSPS) is 22.2.